The van der Waals surface area contributed by atoms with Crippen LogP contribution in [0.2, 0.25) is 0 Å². The van der Waals surface area contributed by atoms with Gasteiger partial charge in [0, 0.05) is 24.4 Å². The number of likely N-dealkylation sites (tertiary alicyclic amines) is 1. The van der Waals surface area contributed by atoms with Gasteiger partial charge in [-0.3, -0.25) is 9.78 Å². The molecule has 1 aromatic heterocycles. The number of amides is 1. The molecule has 35 heavy (non-hydrogen) atoms. The maximum Gasteiger partial charge on any atom is 0.253 e. The summed E-state index contributed by atoms with van der Waals surface area (Å²) in [5, 5.41) is 29.7. The van der Waals surface area contributed by atoms with Crippen molar-refractivity contribution in [1.29, 1.82) is 0 Å². The van der Waals surface area contributed by atoms with Crippen LogP contribution < -0.4 is 14.4 Å². The molecule has 2 aromatic rings. The number of hydrogen-bond donors (Lipinski definition) is 3. The summed E-state index contributed by atoms with van der Waals surface area (Å²) in [5.74, 6) is 1.26. The molecule has 0 saturated carbocycles. The van der Waals surface area contributed by atoms with Crippen molar-refractivity contribution in [3.05, 3.63) is 41.9 Å². The Kier molecular flexibility index (Phi) is 7.16. The Morgan fingerprint density at radius 3 is 2.54 bits per heavy atom. The number of nitrogens with zero attached hydrogens (tertiary/aromatic N) is 4. The second-order valence-electron chi connectivity index (χ2n) is 9.72. The van der Waals surface area contributed by atoms with E-state index in [-0.39, 0.29) is 18.6 Å². The lowest BCUT2D eigenvalue weighted by Gasteiger charge is -2.40. The molecule has 1 amide bonds. The van der Waals surface area contributed by atoms with E-state index in [1.807, 2.05) is 32.0 Å². The van der Waals surface area contributed by atoms with Crippen LogP contribution in [0.3, 0.4) is 0 Å². The molecular weight excluding hydrogens is 452 g/mol. The molecule has 10 nitrogen and oxygen atoms in total. The van der Waals surface area contributed by atoms with E-state index in [4.69, 9.17) is 9.47 Å². The first-order valence-corrected chi connectivity index (χ1v) is 11.8. The van der Waals surface area contributed by atoms with Gasteiger partial charge in [-0.25, -0.2) is 4.98 Å². The summed E-state index contributed by atoms with van der Waals surface area (Å²) >= 11 is 0. The van der Waals surface area contributed by atoms with E-state index < -0.39 is 30.1 Å². The highest BCUT2D eigenvalue weighted by Crippen LogP contribution is 2.47. The van der Waals surface area contributed by atoms with Gasteiger partial charge in [-0.15, -0.1) is 0 Å². The fraction of sp³-hybridized carbons (Fsp3) is 0.560. The van der Waals surface area contributed by atoms with Crippen LogP contribution >= 0.6 is 0 Å². The molecule has 2 aliphatic rings. The number of anilines is 1. The molecular formula is C25H34N4O6. The molecule has 2 fully saturated rings. The SMILES string of the molecule is COc1ccc([C@@H]2CN(C(=O)[C@@H](O)CO)C[C@@]2(C)[C@@H](C)O)cc1OC1CN(c2cnc(C)cn2)C1. The minimum absolute atomic E-state index is 0.0493. The summed E-state index contributed by atoms with van der Waals surface area (Å²) in [7, 11) is 1.59. The molecule has 3 N–H and O–H groups in total. The van der Waals surface area contributed by atoms with Crippen LogP contribution in [0.25, 0.3) is 0 Å². The molecule has 4 rings (SSSR count). The fourth-order valence-corrected chi connectivity index (χ4v) is 4.81. The van der Waals surface area contributed by atoms with Crippen molar-refractivity contribution in [2.24, 2.45) is 5.41 Å². The third kappa shape index (κ3) is 4.91. The topological polar surface area (TPSA) is 128 Å². The molecule has 0 radical (unpaired) electrons. The average molecular weight is 487 g/mol. The summed E-state index contributed by atoms with van der Waals surface area (Å²) in [5.41, 5.74) is 1.12. The second kappa shape index (κ2) is 9.96. The Balaban J connectivity index is 1.52. The molecule has 0 unspecified atom stereocenters. The third-order valence-electron chi connectivity index (χ3n) is 7.28. The van der Waals surface area contributed by atoms with Crippen LogP contribution in [0.4, 0.5) is 5.82 Å². The first-order valence-electron chi connectivity index (χ1n) is 11.8. The number of ether oxygens (including phenoxy) is 2. The smallest absolute Gasteiger partial charge is 0.253 e. The largest absolute Gasteiger partial charge is 0.493 e. The molecule has 2 saturated heterocycles. The standard InChI is InChI=1S/C25H34N4O6/c1-15-8-27-23(9-26-15)28-10-18(11-28)35-22-7-17(5-6-21(22)34-4)19-12-29(24(33)20(32)13-30)14-25(19,3)16(2)31/h5-9,16,18-20,30-32H,10-14H2,1-4H3/t16-,19+,20+,25+/m1/s1. The maximum absolute atomic E-state index is 12.6. The predicted molar refractivity (Wildman–Crippen MR) is 129 cm³/mol. The zero-order chi connectivity index (χ0) is 25.3. The van der Waals surface area contributed by atoms with Crippen molar-refractivity contribution in [2.45, 2.75) is 45.0 Å². The molecule has 3 heterocycles. The molecule has 10 heteroatoms. The van der Waals surface area contributed by atoms with E-state index in [1.54, 1.807) is 26.4 Å². The van der Waals surface area contributed by atoms with Gasteiger partial charge in [0.25, 0.3) is 5.91 Å². The summed E-state index contributed by atoms with van der Waals surface area (Å²) < 4.78 is 11.8. The second-order valence-corrected chi connectivity index (χ2v) is 9.72. The first kappa shape index (κ1) is 25.2. The van der Waals surface area contributed by atoms with Gasteiger partial charge < -0.3 is 34.6 Å². The highest BCUT2D eigenvalue weighted by Gasteiger charge is 2.49. The van der Waals surface area contributed by atoms with Crippen LogP contribution in [0.15, 0.2) is 30.6 Å². The van der Waals surface area contributed by atoms with Crippen molar-refractivity contribution < 1.29 is 29.6 Å². The van der Waals surface area contributed by atoms with Gasteiger partial charge in [0.2, 0.25) is 0 Å². The molecule has 190 valence electrons. The third-order valence-corrected chi connectivity index (χ3v) is 7.28. The Hall–Kier alpha value is -2.95. The lowest BCUT2D eigenvalue weighted by atomic mass is 9.72. The number of rotatable bonds is 8. The highest BCUT2D eigenvalue weighted by molar-refractivity contribution is 5.81. The van der Waals surface area contributed by atoms with Gasteiger partial charge in [-0.05, 0) is 31.5 Å². The molecule has 0 bridgehead atoms. The van der Waals surface area contributed by atoms with E-state index in [1.165, 1.54) is 4.90 Å². The van der Waals surface area contributed by atoms with Crippen LogP contribution in [0, 0.1) is 12.3 Å². The van der Waals surface area contributed by atoms with Gasteiger partial charge in [0.15, 0.2) is 17.6 Å². The zero-order valence-corrected chi connectivity index (χ0v) is 20.6. The van der Waals surface area contributed by atoms with Gasteiger partial charge in [0.05, 0.1) is 51.0 Å². The van der Waals surface area contributed by atoms with Crippen molar-refractivity contribution in [1.82, 2.24) is 14.9 Å². The van der Waals surface area contributed by atoms with Crippen molar-refractivity contribution >= 4 is 11.7 Å². The van der Waals surface area contributed by atoms with Gasteiger partial charge in [-0.2, -0.15) is 0 Å². The summed E-state index contributed by atoms with van der Waals surface area (Å²) in [6.07, 6.45) is 1.27. The Morgan fingerprint density at radius 1 is 1.20 bits per heavy atom. The van der Waals surface area contributed by atoms with Crippen molar-refractivity contribution in [3.63, 3.8) is 0 Å². The lowest BCUT2D eigenvalue weighted by Crippen LogP contribution is -2.54. The number of aliphatic hydroxyl groups is 3. The minimum Gasteiger partial charge on any atom is -0.493 e. The number of aryl methyl sites for hydroxylation is 1. The number of aliphatic hydroxyl groups excluding tert-OH is 3. The van der Waals surface area contributed by atoms with Gasteiger partial charge in [0.1, 0.15) is 11.9 Å². The summed E-state index contributed by atoms with van der Waals surface area (Å²) in [4.78, 5) is 24.9. The Bertz CT molecular complexity index is 1040. The highest BCUT2D eigenvalue weighted by atomic mass is 16.5. The number of carbonyl (C=O) groups excluding carboxylic acids is 1. The monoisotopic (exact) mass is 486 g/mol. The Morgan fingerprint density at radius 2 is 1.94 bits per heavy atom. The summed E-state index contributed by atoms with van der Waals surface area (Å²) in [6, 6.07) is 5.67. The van der Waals surface area contributed by atoms with Gasteiger partial charge in [-0.1, -0.05) is 13.0 Å². The van der Waals surface area contributed by atoms with E-state index in [0.29, 0.717) is 31.1 Å². The van der Waals surface area contributed by atoms with E-state index in [9.17, 15) is 20.1 Å². The van der Waals surface area contributed by atoms with E-state index >= 15 is 0 Å². The first-order chi connectivity index (χ1) is 16.7. The van der Waals surface area contributed by atoms with Crippen LogP contribution in [0.5, 0.6) is 11.5 Å². The normalized spacial score (nSPS) is 24.1. The molecule has 4 atom stereocenters. The van der Waals surface area contributed by atoms with Crippen LogP contribution in [0.1, 0.15) is 31.0 Å². The maximum atomic E-state index is 12.6. The minimum atomic E-state index is -1.47. The number of carbonyl (C=O) groups is 1. The van der Waals surface area contributed by atoms with Crippen LogP contribution in [-0.4, -0.2) is 94.3 Å². The lowest BCUT2D eigenvalue weighted by molar-refractivity contribution is -0.141. The summed E-state index contributed by atoms with van der Waals surface area (Å²) in [6.45, 7) is 6.81. The number of benzene rings is 1. The van der Waals surface area contributed by atoms with E-state index in [0.717, 1.165) is 17.1 Å². The fourth-order valence-electron chi connectivity index (χ4n) is 4.81. The number of methoxy groups -OCH3 is 1. The number of aromatic nitrogens is 2. The van der Waals surface area contributed by atoms with Gasteiger partial charge >= 0.3 is 0 Å². The number of hydrogen-bond acceptors (Lipinski definition) is 9. The molecule has 2 aliphatic heterocycles. The molecule has 0 aliphatic carbocycles. The van der Waals surface area contributed by atoms with Crippen molar-refractivity contribution in [3.8, 4) is 11.5 Å². The van der Waals surface area contributed by atoms with E-state index in [2.05, 4.69) is 14.9 Å². The molecule has 0 spiro atoms. The Labute approximate surface area is 205 Å². The molecule has 1 aromatic carbocycles. The zero-order valence-electron chi connectivity index (χ0n) is 20.6. The predicted octanol–water partition coefficient (Wildman–Crippen LogP) is 0.727. The average Bonchev–Trinajstić information content (AvgIpc) is 3.19. The van der Waals surface area contributed by atoms with Crippen molar-refractivity contribution in [2.75, 3.05) is 44.8 Å². The quantitative estimate of drug-likeness (QED) is 0.495. The van der Waals surface area contributed by atoms with Crippen LogP contribution in [-0.2, 0) is 4.79 Å².